The van der Waals surface area contributed by atoms with Crippen LogP contribution in [0, 0.1) is 46.3 Å². The van der Waals surface area contributed by atoms with Gasteiger partial charge >= 0.3 is 11.4 Å². The first-order chi connectivity index (χ1) is 45.8. The lowest BCUT2D eigenvalue weighted by Crippen LogP contribution is -2.57. The van der Waals surface area contributed by atoms with Gasteiger partial charge in [-0.15, -0.1) is 0 Å². The molecule has 0 radical (unpaired) electrons. The topological polar surface area (TPSA) is 274 Å². The van der Waals surface area contributed by atoms with E-state index in [1.807, 2.05) is 89.2 Å². The molecular formula is C72H88N10O13S. The first kappa shape index (κ1) is 73.1. The first-order valence-electron chi connectivity index (χ1n) is 32.1. The number of hydrogen-bond donors (Lipinski definition) is 5. The van der Waals surface area contributed by atoms with E-state index in [4.69, 9.17) is 26.4 Å². The van der Waals surface area contributed by atoms with Crippen molar-refractivity contribution >= 4 is 29.9 Å². The molecule has 8 aromatic rings. The molecule has 0 bridgehead atoms. The molecule has 96 heavy (non-hydrogen) atoms. The molecule has 2 unspecified atom stereocenters. The number of hydrogen-bond acceptors (Lipinski definition) is 15. The third kappa shape index (κ3) is 17.3. The zero-order valence-electron chi connectivity index (χ0n) is 56.7. The van der Waals surface area contributed by atoms with Gasteiger partial charge in [-0.25, -0.2) is 32.8 Å². The van der Waals surface area contributed by atoms with Crippen LogP contribution in [0.1, 0.15) is 131 Å². The van der Waals surface area contributed by atoms with Crippen LogP contribution in [-0.4, -0.2) is 97.2 Å². The SMILES string of the molecule is CC1=C(Oc2ccccc2)N2C(=O)C=COC2N(C)C1=O.CCCCCCCCCCCCn1c(O)c(C)c(=O)n(C(CC)Oc2ccc(C)cc2C)c1=S.Cc1c(O)n(-c2ccc(N(C)C)[nH]2)c(=O)[nH]c1=O.Cc1ccc(-n2c(O)c(C)c(=O)n(-c3ccccc3)c2=O)cc1. The van der Waals surface area contributed by atoms with E-state index in [0.717, 1.165) is 54.8 Å². The number of aryl methyl sites for hydroxylation is 3. The van der Waals surface area contributed by atoms with Gasteiger partial charge in [0, 0.05) is 40.2 Å². The lowest BCUT2D eigenvalue weighted by atomic mass is 10.1. The Balaban J connectivity index is 0.000000186. The third-order valence-electron chi connectivity index (χ3n) is 16.3. The van der Waals surface area contributed by atoms with Crippen molar-refractivity contribution in [1.82, 2.24) is 42.6 Å². The van der Waals surface area contributed by atoms with Gasteiger partial charge in [-0.05, 0) is 127 Å². The minimum Gasteiger partial charge on any atom is -0.494 e. The molecule has 0 aliphatic carbocycles. The maximum Gasteiger partial charge on any atom is 0.343 e. The number of carbonyl (C=O) groups is 2. The Morgan fingerprint density at radius 2 is 1.20 bits per heavy atom. The fourth-order valence-electron chi connectivity index (χ4n) is 10.7. The van der Waals surface area contributed by atoms with Gasteiger partial charge in [0.25, 0.3) is 34.8 Å². The standard InChI is InChI=1S/C28H44N2O3S.C18H16N2O3.C15H14N2O4.C11H14N4O3/c1-6-8-9-10-11-12-13-14-15-16-19-29-26(31)23(5)27(32)30(28(29)34)25(7-2)33-24-18-17-21(3)20-22(24)4;1-12-8-10-15(11-9-12)20-17(22)13(2)16(21)19(18(20)23)14-6-4-3-5-7-14;1-10-13(19)16(2)15-17(12(18)8-9-20-15)14(10)21-11-6-4-3-5-7-11;1-6-9(16)13-11(18)15(10(6)17)8-5-4-7(12-8)14(2)3/h17-18,20,25,31H,6-16,19H2,1-5H3;3-11,22H,1-2H3;3-9,15H,1-2H3;4-5,12,17H,1-3H3,(H,13,16,18). The summed E-state index contributed by atoms with van der Waals surface area (Å²) < 4.78 is 24.1. The Hall–Kier alpha value is -10.4. The Labute approximate surface area is 562 Å². The number of likely N-dealkylation sites (N-methyl/N-ethyl adjacent to an activating group) is 1. The van der Waals surface area contributed by atoms with E-state index in [2.05, 4.69) is 23.0 Å². The number of fused-ring (bicyclic) bond motifs is 1. The minimum atomic E-state index is -0.822. The summed E-state index contributed by atoms with van der Waals surface area (Å²) in [6.07, 6.45) is 14.2. The number of nitrogens with zero attached hydrogens (tertiary/aromatic N) is 8. The summed E-state index contributed by atoms with van der Waals surface area (Å²) in [5.41, 5.74) is 2.36. The van der Waals surface area contributed by atoms with E-state index < -0.39 is 35.1 Å². The third-order valence-corrected chi connectivity index (χ3v) is 16.7. The number of aromatic hydroxyl groups is 3. The van der Waals surface area contributed by atoms with Crippen LogP contribution in [0.15, 0.2) is 163 Å². The van der Waals surface area contributed by atoms with Crippen molar-refractivity contribution in [3.05, 3.63) is 229 Å². The largest absolute Gasteiger partial charge is 0.494 e. The zero-order valence-corrected chi connectivity index (χ0v) is 57.5. The minimum absolute atomic E-state index is 0.0245. The number of ether oxygens (including phenoxy) is 3. The number of unbranched alkanes of at least 4 members (excludes halogenated alkanes) is 9. The van der Waals surface area contributed by atoms with Crippen LogP contribution >= 0.6 is 12.2 Å². The van der Waals surface area contributed by atoms with Gasteiger partial charge in [-0.2, -0.15) is 0 Å². The van der Waals surface area contributed by atoms with Crippen LogP contribution in [0.5, 0.6) is 29.1 Å². The van der Waals surface area contributed by atoms with Gasteiger partial charge in [0.2, 0.25) is 23.5 Å². The second kappa shape index (κ2) is 33.7. The predicted molar refractivity (Wildman–Crippen MR) is 374 cm³/mol. The van der Waals surface area contributed by atoms with Crippen molar-refractivity contribution in [1.29, 1.82) is 0 Å². The van der Waals surface area contributed by atoms with E-state index in [1.165, 1.54) is 91.9 Å². The molecule has 0 saturated heterocycles. The lowest BCUT2D eigenvalue weighted by molar-refractivity contribution is -0.170. The van der Waals surface area contributed by atoms with Gasteiger partial charge in [0.15, 0.2) is 11.0 Å². The molecule has 0 saturated carbocycles. The van der Waals surface area contributed by atoms with Gasteiger partial charge in [-0.3, -0.25) is 38.4 Å². The molecule has 6 heterocycles. The van der Waals surface area contributed by atoms with E-state index in [-0.39, 0.29) is 52.0 Å². The van der Waals surface area contributed by atoms with Gasteiger partial charge in [-0.1, -0.05) is 143 Å². The van der Waals surface area contributed by atoms with Crippen LogP contribution in [0.4, 0.5) is 5.82 Å². The summed E-state index contributed by atoms with van der Waals surface area (Å²) in [5, 5.41) is 30.9. The average molecular weight is 1330 g/mol. The number of nitrogens with one attached hydrogen (secondary N) is 2. The number of H-pyrrole nitrogens is 2. The average Bonchev–Trinajstić information content (AvgIpc) is 0.918. The fraction of sp³-hybridized carbons (Fsp3) is 0.361. The molecule has 2 atom stereocenters. The summed E-state index contributed by atoms with van der Waals surface area (Å²) in [5.74, 6) is 1.39. The maximum atomic E-state index is 13.1. The molecule has 2 aliphatic rings. The maximum absolute atomic E-state index is 13.1. The number of rotatable bonds is 21. The molecule has 510 valence electrons. The number of amides is 2. The monoisotopic (exact) mass is 1330 g/mol. The Bertz CT molecular complexity index is 4460. The van der Waals surface area contributed by atoms with Crippen molar-refractivity contribution in [2.45, 2.75) is 152 Å². The molecule has 0 spiro atoms. The molecule has 10 rings (SSSR count). The highest BCUT2D eigenvalue weighted by atomic mass is 32.1. The molecule has 2 amide bonds. The van der Waals surface area contributed by atoms with E-state index >= 15 is 0 Å². The van der Waals surface area contributed by atoms with Gasteiger partial charge in [0.05, 0.1) is 39.9 Å². The van der Waals surface area contributed by atoms with Crippen molar-refractivity contribution in [2.24, 2.45) is 0 Å². The zero-order chi connectivity index (χ0) is 70.1. The van der Waals surface area contributed by atoms with E-state index in [1.54, 1.807) is 92.2 Å². The van der Waals surface area contributed by atoms with Gasteiger partial charge in [0.1, 0.15) is 23.1 Å². The second-order valence-corrected chi connectivity index (χ2v) is 24.1. The van der Waals surface area contributed by atoms with Crippen molar-refractivity contribution in [3.63, 3.8) is 0 Å². The van der Waals surface area contributed by atoms with Crippen LogP contribution in [0.3, 0.4) is 0 Å². The Morgan fingerprint density at radius 3 is 1.79 bits per heavy atom. The smallest absolute Gasteiger partial charge is 0.343 e. The van der Waals surface area contributed by atoms with Gasteiger partial charge < -0.3 is 39.4 Å². The number of para-hydroxylation sites is 2. The van der Waals surface area contributed by atoms with Crippen LogP contribution < -0.4 is 42.4 Å². The molecule has 23 nitrogen and oxygen atoms in total. The predicted octanol–water partition coefficient (Wildman–Crippen LogP) is 11.6. The molecule has 4 aromatic carbocycles. The molecular weight excluding hydrogens is 1240 g/mol. The van der Waals surface area contributed by atoms with Crippen molar-refractivity contribution < 1.29 is 39.1 Å². The molecule has 5 N–H and O–H groups in total. The van der Waals surface area contributed by atoms with Crippen LogP contribution in [0.2, 0.25) is 0 Å². The van der Waals surface area contributed by atoms with E-state index in [0.29, 0.717) is 51.8 Å². The van der Waals surface area contributed by atoms with Crippen LogP contribution in [0.25, 0.3) is 17.2 Å². The summed E-state index contributed by atoms with van der Waals surface area (Å²) in [7, 11) is 5.27. The Kier molecular flexibility index (Phi) is 25.6. The number of aromatic amines is 2. The molecule has 0 fully saturated rings. The second-order valence-electron chi connectivity index (χ2n) is 23.8. The highest BCUT2D eigenvalue weighted by molar-refractivity contribution is 7.71. The normalized spacial score (nSPS) is 13.5. The van der Waals surface area contributed by atoms with Crippen molar-refractivity contribution in [2.75, 3.05) is 26.0 Å². The summed E-state index contributed by atoms with van der Waals surface area (Å²) in [6, 6.07) is 34.2. The molecule has 4 aromatic heterocycles. The molecule has 2 aliphatic heterocycles. The summed E-state index contributed by atoms with van der Waals surface area (Å²) >= 11 is 5.69. The Morgan fingerprint density at radius 1 is 0.625 bits per heavy atom. The number of carbonyl (C=O) groups excluding carboxylic acids is 2. The quantitative estimate of drug-likeness (QED) is 0.0330. The number of benzene rings is 4. The lowest BCUT2D eigenvalue weighted by Gasteiger charge is -2.42. The molecule has 24 heteroatoms. The summed E-state index contributed by atoms with van der Waals surface area (Å²) in [6.45, 7) is 17.0. The number of anilines is 1. The highest BCUT2D eigenvalue weighted by Crippen LogP contribution is 2.31. The highest BCUT2D eigenvalue weighted by Gasteiger charge is 2.43. The van der Waals surface area contributed by atoms with Crippen LogP contribution in [-0.2, 0) is 20.9 Å². The first-order valence-corrected chi connectivity index (χ1v) is 32.5. The van der Waals surface area contributed by atoms with Crippen molar-refractivity contribution in [3.8, 4) is 46.3 Å². The number of aromatic nitrogens is 7. The van der Waals surface area contributed by atoms with E-state index in [9.17, 15) is 48.9 Å². The fourth-order valence-corrected chi connectivity index (χ4v) is 11.1. The summed E-state index contributed by atoms with van der Waals surface area (Å²) in [4.78, 5) is 95.3.